The second kappa shape index (κ2) is 5.73. The van der Waals surface area contributed by atoms with E-state index < -0.39 is 33.8 Å². The van der Waals surface area contributed by atoms with E-state index >= 15 is 0 Å². The first-order chi connectivity index (χ1) is 9.75. The van der Waals surface area contributed by atoms with Crippen LogP contribution in [0.3, 0.4) is 0 Å². The monoisotopic (exact) mass is 315 g/mol. The topological polar surface area (TPSA) is 74.7 Å². The smallest absolute Gasteiger partial charge is 0.308 e. The van der Waals surface area contributed by atoms with Crippen LogP contribution >= 0.6 is 0 Å². The molecule has 0 spiro atoms. The molecule has 0 radical (unpaired) electrons. The van der Waals surface area contributed by atoms with Crippen LogP contribution in [0, 0.1) is 18.7 Å². The Morgan fingerprint density at radius 1 is 1.43 bits per heavy atom. The number of carbonyl (C=O) groups is 1. The van der Waals surface area contributed by atoms with Gasteiger partial charge in [-0.05, 0) is 44.4 Å². The fourth-order valence-electron chi connectivity index (χ4n) is 2.65. The minimum atomic E-state index is -3.89. The summed E-state index contributed by atoms with van der Waals surface area (Å²) in [5.74, 6) is -2.32. The molecule has 1 aromatic rings. The zero-order valence-corrected chi connectivity index (χ0v) is 12.7. The molecule has 5 nitrogen and oxygen atoms in total. The number of rotatable bonds is 3. The first kappa shape index (κ1) is 15.9. The maximum absolute atomic E-state index is 13.6. The van der Waals surface area contributed by atoms with Crippen molar-refractivity contribution in [2.24, 2.45) is 5.92 Å². The van der Waals surface area contributed by atoms with Crippen molar-refractivity contribution in [1.82, 2.24) is 4.31 Å². The van der Waals surface area contributed by atoms with Crippen molar-refractivity contribution in [2.75, 3.05) is 6.54 Å². The molecule has 1 saturated heterocycles. The van der Waals surface area contributed by atoms with Gasteiger partial charge in [0.1, 0.15) is 5.82 Å². The van der Waals surface area contributed by atoms with Gasteiger partial charge in [0.2, 0.25) is 10.0 Å². The average Bonchev–Trinajstić information content (AvgIpc) is 2.41. The van der Waals surface area contributed by atoms with Crippen LogP contribution in [0.25, 0.3) is 0 Å². The first-order valence-corrected chi connectivity index (χ1v) is 8.20. The number of aryl methyl sites for hydroxylation is 1. The highest BCUT2D eigenvalue weighted by Gasteiger charge is 2.39. The maximum Gasteiger partial charge on any atom is 0.308 e. The van der Waals surface area contributed by atoms with Crippen LogP contribution < -0.4 is 0 Å². The van der Waals surface area contributed by atoms with E-state index in [0.29, 0.717) is 18.4 Å². The molecular weight excluding hydrogens is 297 g/mol. The first-order valence-electron chi connectivity index (χ1n) is 6.76. The summed E-state index contributed by atoms with van der Waals surface area (Å²) >= 11 is 0. The summed E-state index contributed by atoms with van der Waals surface area (Å²) in [6.45, 7) is 3.39. The van der Waals surface area contributed by atoms with Crippen molar-refractivity contribution in [1.29, 1.82) is 0 Å². The van der Waals surface area contributed by atoms with Gasteiger partial charge in [-0.25, -0.2) is 12.8 Å². The summed E-state index contributed by atoms with van der Waals surface area (Å²) in [7, 11) is -3.89. The minimum absolute atomic E-state index is 0.136. The van der Waals surface area contributed by atoms with Crippen molar-refractivity contribution in [3.05, 3.63) is 29.6 Å². The maximum atomic E-state index is 13.6. The lowest BCUT2D eigenvalue weighted by atomic mass is 9.92. The van der Waals surface area contributed by atoms with Gasteiger partial charge in [0.15, 0.2) is 0 Å². The third-order valence-electron chi connectivity index (χ3n) is 4.00. The summed E-state index contributed by atoms with van der Waals surface area (Å²) in [6.07, 6.45) is 0.930. The quantitative estimate of drug-likeness (QED) is 0.926. The summed E-state index contributed by atoms with van der Waals surface area (Å²) < 4.78 is 40.0. The van der Waals surface area contributed by atoms with Crippen molar-refractivity contribution < 1.29 is 22.7 Å². The van der Waals surface area contributed by atoms with Crippen LogP contribution in [0.4, 0.5) is 4.39 Å². The Balaban J connectivity index is 2.38. The van der Waals surface area contributed by atoms with Crippen molar-refractivity contribution in [3.63, 3.8) is 0 Å². The summed E-state index contributed by atoms with van der Waals surface area (Å²) in [6, 6.07) is 3.10. The number of piperidine rings is 1. The average molecular weight is 315 g/mol. The van der Waals surface area contributed by atoms with Crippen LogP contribution in [-0.4, -0.2) is 36.4 Å². The number of hydrogen-bond acceptors (Lipinski definition) is 3. The van der Waals surface area contributed by atoms with E-state index in [-0.39, 0.29) is 11.4 Å². The van der Waals surface area contributed by atoms with E-state index in [0.717, 1.165) is 6.07 Å². The predicted molar refractivity (Wildman–Crippen MR) is 74.9 cm³/mol. The van der Waals surface area contributed by atoms with Crippen LogP contribution in [0.2, 0.25) is 0 Å². The van der Waals surface area contributed by atoms with Crippen molar-refractivity contribution >= 4 is 16.0 Å². The van der Waals surface area contributed by atoms with Gasteiger partial charge in [0.05, 0.1) is 10.8 Å². The third kappa shape index (κ3) is 2.94. The van der Waals surface area contributed by atoms with Gasteiger partial charge >= 0.3 is 5.97 Å². The molecule has 1 aliphatic rings. The number of sulfonamides is 1. The summed E-state index contributed by atoms with van der Waals surface area (Å²) in [4.78, 5) is 11.1. The number of benzene rings is 1. The minimum Gasteiger partial charge on any atom is -0.481 e. The zero-order chi connectivity index (χ0) is 15.8. The lowest BCUT2D eigenvalue weighted by Gasteiger charge is -2.36. The Kier molecular flexibility index (Phi) is 4.34. The van der Waals surface area contributed by atoms with E-state index in [2.05, 4.69) is 0 Å². The van der Waals surface area contributed by atoms with E-state index in [1.54, 1.807) is 13.8 Å². The molecule has 1 fully saturated rings. The number of aliphatic carboxylic acids is 1. The van der Waals surface area contributed by atoms with Gasteiger partial charge in [0, 0.05) is 12.6 Å². The molecule has 0 aliphatic carbocycles. The Hall–Kier alpha value is -1.47. The number of halogens is 1. The van der Waals surface area contributed by atoms with Crippen molar-refractivity contribution in [2.45, 2.75) is 37.6 Å². The Labute approximate surface area is 123 Å². The fraction of sp³-hybridized carbons (Fsp3) is 0.500. The molecule has 0 saturated carbocycles. The summed E-state index contributed by atoms with van der Waals surface area (Å²) in [5.41, 5.74) is 0.365. The van der Waals surface area contributed by atoms with Gasteiger partial charge in [0.25, 0.3) is 0 Å². The van der Waals surface area contributed by atoms with Gasteiger partial charge in [-0.15, -0.1) is 0 Å². The van der Waals surface area contributed by atoms with Crippen LogP contribution in [0.5, 0.6) is 0 Å². The Morgan fingerprint density at radius 2 is 2.10 bits per heavy atom. The molecule has 2 atom stereocenters. The third-order valence-corrected chi connectivity index (χ3v) is 5.98. The lowest BCUT2D eigenvalue weighted by Crippen LogP contribution is -2.49. The van der Waals surface area contributed by atoms with Crippen LogP contribution in [-0.2, 0) is 14.8 Å². The largest absolute Gasteiger partial charge is 0.481 e. The van der Waals surface area contributed by atoms with E-state index in [4.69, 9.17) is 5.11 Å². The van der Waals surface area contributed by atoms with E-state index in [1.807, 2.05) is 0 Å². The zero-order valence-electron chi connectivity index (χ0n) is 11.9. The molecule has 7 heteroatoms. The molecule has 1 heterocycles. The molecule has 0 bridgehead atoms. The molecule has 1 aliphatic heterocycles. The molecule has 116 valence electrons. The predicted octanol–water partition coefficient (Wildman–Crippen LogP) is 2.01. The standard InChI is InChI=1S/C14H18FNO4S/c1-9-5-6-11(8-13(9)15)21(19,20)16-7-3-4-12(10(16)2)14(17)18/h5-6,8,10,12H,3-4,7H2,1-2H3,(H,17,18)/t10-,12-/m1/s1. The number of carboxylic acids is 1. The van der Waals surface area contributed by atoms with Gasteiger partial charge in [-0.3, -0.25) is 4.79 Å². The lowest BCUT2D eigenvalue weighted by molar-refractivity contribution is -0.144. The second-order valence-electron chi connectivity index (χ2n) is 5.35. The van der Waals surface area contributed by atoms with Crippen LogP contribution in [0.15, 0.2) is 23.1 Å². The Bertz CT molecular complexity index is 659. The molecule has 0 aromatic heterocycles. The molecule has 2 rings (SSSR count). The highest BCUT2D eigenvalue weighted by Crippen LogP contribution is 2.29. The highest BCUT2D eigenvalue weighted by molar-refractivity contribution is 7.89. The number of hydrogen-bond donors (Lipinski definition) is 1. The molecular formula is C14H18FNO4S. The van der Waals surface area contributed by atoms with Crippen molar-refractivity contribution in [3.8, 4) is 0 Å². The van der Waals surface area contributed by atoms with E-state index in [1.165, 1.54) is 16.4 Å². The molecule has 1 aromatic carbocycles. The van der Waals surface area contributed by atoms with Gasteiger partial charge < -0.3 is 5.11 Å². The highest BCUT2D eigenvalue weighted by atomic mass is 32.2. The fourth-order valence-corrected chi connectivity index (χ4v) is 4.37. The van der Waals surface area contributed by atoms with Gasteiger partial charge in [-0.1, -0.05) is 6.07 Å². The molecule has 0 unspecified atom stereocenters. The molecule has 1 N–H and O–H groups in total. The number of carboxylic acid groups (broad SMARTS) is 1. The van der Waals surface area contributed by atoms with E-state index in [9.17, 15) is 17.6 Å². The SMILES string of the molecule is Cc1ccc(S(=O)(=O)N2CCC[C@@H](C(=O)O)[C@H]2C)cc1F. The molecule has 21 heavy (non-hydrogen) atoms. The van der Waals surface area contributed by atoms with Crippen LogP contribution in [0.1, 0.15) is 25.3 Å². The summed E-state index contributed by atoms with van der Waals surface area (Å²) in [5, 5.41) is 9.16. The normalized spacial score (nSPS) is 24.0. The number of nitrogens with zero attached hydrogens (tertiary/aromatic N) is 1. The molecule has 0 amide bonds. The van der Waals surface area contributed by atoms with Gasteiger partial charge in [-0.2, -0.15) is 4.31 Å². The Morgan fingerprint density at radius 3 is 2.67 bits per heavy atom. The second-order valence-corrected chi connectivity index (χ2v) is 7.24.